The number of rotatable bonds is 5. The summed E-state index contributed by atoms with van der Waals surface area (Å²) in [5, 5.41) is 14.1. The van der Waals surface area contributed by atoms with Crippen molar-refractivity contribution in [3.63, 3.8) is 0 Å². The number of hydrogen-bond donors (Lipinski definition) is 1. The topological polar surface area (TPSA) is 85.2 Å². The Morgan fingerprint density at radius 3 is 2.89 bits per heavy atom. The molecule has 1 atom stereocenters. The van der Waals surface area contributed by atoms with Gasteiger partial charge in [0.1, 0.15) is 6.33 Å². The zero-order valence-electron chi connectivity index (χ0n) is 15.4. The lowest BCUT2D eigenvalue weighted by atomic mass is 10.1. The van der Waals surface area contributed by atoms with E-state index in [1.54, 1.807) is 4.68 Å². The van der Waals surface area contributed by atoms with Crippen molar-refractivity contribution in [1.82, 2.24) is 25.1 Å². The van der Waals surface area contributed by atoms with Crippen LogP contribution in [0.15, 0.2) is 60.9 Å². The summed E-state index contributed by atoms with van der Waals surface area (Å²) in [7, 11) is 0. The van der Waals surface area contributed by atoms with Crippen LogP contribution in [0.5, 0.6) is 0 Å². The molecule has 8 heteroatoms. The first-order valence-corrected chi connectivity index (χ1v) is 9.33. The van der Waals surface area contributed by atoms with Crippen LogP contribution >= 0.6 is 0 Å². The van der Waals surface area contributed by atoms with Crippen molar-refractivity contribution in [1.29, 1.82) is 0 Å². The standard InChI is InChI=1S/C20H22N6O2/c27-20(22-17-8-4-9-18(12-17)26-15-21-23-24-26)25-11-5-10-19(13-25)28-14-16-6-2-1-3-7-16/h1-4,6-9,12,15,19H,5,10-11,13-14H2,(H,22,27). The monoisotopic (exact) mass is 378 g/mol. The number of benzene rings is 2. The summed E-state index contributed by atoms with van der Waals surface area (Å²) in [6.45, 7) is 1.88. The molecular weight excluding hydrogens is 356 g/mol. The Labute approximate surface area is 163 Å². The zero-order valence-corrected chi connectivity index (χ0v) is 15.4. The maximum atomic E-state index is 12.7. The van der Waals surface area contributed by atoms with Crippen molar-refractivity contribution >= 4 is 11.7 Å². The number of carbonyl (C=O) groups is 1. The van der Waals surface area contributed by atoms with Crippen molar-refractivity contribution in [3.8, 4) is 5.69 Å². The number of hydrogen-bond acceptors (Lipinski definition) is 5. The number of carbonyl (C=O) groups excluding carboxylic acids is 1. The zero-order chi connectivity index (χ0) is 19.2. The van der Waals surface area contributed by atoms with Crippen molar-refractivity contribution in [3.05, 3.63) is 66.5 Å². The molecule has 2 heterocycles. The molecule has 2 amide bonds. The van der Waals surface area contributed by atoms with Crippen LogP contribution in [0.2, 0.25) is 0 Å². The second kappa shape index (κ2) is 8.62. The molecule has 0 radical (unpaired) electrons. The second-order valence-corrected chi connectivity index (χ2v) is 6.74. The number of aromatic nitrogens is 4. The largest absolute Gasteiger partial charge is 0.372 e. The number of amides is 2. The van der Waals surface area contributed by atoms with Gasteiger partial charge in [0.25, 0.3) is 0 Å². The van der Waals surface area contributed by atoms with E-state index in [-0.39, 0.29) is 12.1 Å². The second-order valence-electron chi connectivity index (χ2n) is 6.74. The summed E-state index contributed by atoms with van der Waals surface area (Å²) in [6, 6.07) is 17.4. The van der Waals surface area contributed by atoms with E-state index in [1.807, 2.05) is 59.5 Å². The van der Waals surface area contributed by atoms with E-state index in [0.29, 0.717) is 18.8 Å². The fourth-order valence-electron chi connectivity index (χ4n) is 3.26. The number of likely N-dealkylation sites (tertiary alicyclic amines) is 1. The van der Waals surface area contributed by atoms with Crippen LogP contribution in [0.3, 0.4) is 0 Å². The van der Waals surface area contributed by atoms with Crippen LogP contribution in [0.4, 0.5) is 10.5 Å². The Kier molecular flexibility index (Phi) is 5.58. The molecule has 0 bridgehead atoms. The van der Waals surface area contributed by atoms with E-state index in [1.165, 1.54) is 6.33 Å². The normalized spacial score (nSPS) is 16.7. The Bertz CT molecular complexity index is 900. The van der Waals surface area contributed by atoms with E-state index >= 15 is 0 Å². The van der Waals surface area contributed by atoms with Crippen LogP contribution in [-0.2, 0) is 11.3 Å². The average Bonchev–Trinajstić information content (AvgIpc) is 3.28. The highest BCUT2D eigenvalue weighted by Gasteiger charge is 2.24. The van der Waals surface area contributed by atoms with Gasteiger partial charge >= 0.3 is 6.03 Å². The van der Waals surface area contributed by atoms with Gasteiger partial charge in [-0.2, -0.15) is 0 Å². The van der Waals surface area contributed by atoms with Gasteiger partial charge in [-0.25, -0.2) is 9.48 Å². The van der Waals surface area contributed by atoms with Gasteiger partial charge in [0, 0.05) is 18.8 Å². The highest BCUT2D eigenvalue weighted by molar-refractivity contribution is 5.89. The van der Waals surface area contributed by atoms with Crippen LogP contribution in [0.1, 0.15) is 18.4 Å². The number of piperidine rings is 1. The molecular formula is C20H22N6O2. The number of anilines is 1. The van der Waals surface area contributed by atoms with Crippen molar-refractivity contribution < 1.29 is 9.53 Å². The predicted molar refractivity (Wildman–Crippen MR) is 104 cm³/mol. The minimum Gasteiger partial charge on any atom is -0.372 e. The van der Waals surface area contributed by atoms with Crippen molar-refractivity contribution in [2.24, 2.45) is 0 Å². The highest BCUT2D eigenvalue weighted by Crippen LogP contribution is 2.18. The molecule has 1 aromatic heterocycles. The van der Waals surface area contributed by atoms with Gasteiger partial charge in [0.05, 0.1) is 18.4 Å². The quantitative estimate of drug-likeness (QED) is 0.738. The highest BCUT2D eigenvalue weighted by atomic mass is 16.5. The van der Waals surface area contributed by atoms with Gasteiger partial charge in [-0.15, -0.1) is 5.10 Å². The first-order valence-electron chi connectivity index (χ1n) is 9.33. The van der Waals surface area contributed by atoms with Gasteiger partial charge in [0.2, 0.25) is 0 Å². The Balaban J connectivity index is 1.33. The number of tetrazole rings is 1. The van der Waals surface area contributed by atoms with E-state index in [2.05, 4.69) is 20.8 Å². The summed E-state index contributed by atoms with van der Waals surface area (Å²) >= 11 is 0. The van der Waals surface area contributed by atoms with Gasteiger partial charge in [-0.3, -0.25) is 0 Å². The average molecular weight is 378 g/mol. The van der Waals surface area contributed by atoms with Crippen molar-refractivity contribution in [2.75, 3.05) is 18.4 Å². The fourth-order valence-corrected chi connectivity index (χ4v) is 3.26. The van der Waals surface area contributed by atoms with Gasteiger partial charge in [-0.1, -0.05) is 36.4 Å². The summed E-state index contributed by atoms with van der Waals surface area (Å²) in [5.41, 5.74) is 2.62. The lowest BCUT2D eigenvalue weighted by Crippen LogP contribution is -2.45. The Morgan fingerprint density at radius 1 is 1.18 bits per heavy atom. The molecule has 0 spiro atoms. The minimum atomic E-state index is -0.123. The molecule has 8 nitrogen and oxygen atoms in total. The molecule has 1 saturated heterocycles. The molecule has 28 heavy (non-hydrogen) atoms. The number of nitrogens with one attached hydrogen (secondary N) is 1. The van der Waals surface area contributed by atoms with Gasteiger partial charge in [-0.05, 0) is 47.0 Å². The smallest absolute Gasteiger partial charge is 0.321 e. The maximum absolute atomic E-state index is 12.7. The fraction of sp³-hybridized carbons (Fsp3) is 0.300. The van der Waals surface area contributed by atoms with Crippen LogP contribution in [-0.4, -0.2) is 50.3 Å². The van der Waals surface area contributed by atoms with Gasteiger partial charge < -0.3 is 15.0 Å². The predicted octanol–water partition coefficient (Wildman–Crippen LogP) is 2.88. The molecule has 1 N–H and O–H groups in total. The van der Waals surface area contributed by atoms with Crippen LogP contribution in [0, 0.1) is 0 Å². The van der Waals surface area contributed by atoms with E-state index in [4.69, 9.17) is 4.74 Å². The van der Waals surface area contributed by atoms with Gasteiger partial charge in [0.15, 0.2) is 0 Å². The third-order valence-electron chi connectivity index (χ3n) is 4.70. The number of urea groups is 1. The van der Waals surface area contributed by atoms with Crippen LogP contribution < -0.4 is 5.32 Å². The molecule has 4 rings (SSSR count). The molecule has 1 aliphatic rings. The van der Waals surface area contributed by atoms with E-state index in [0.717, 1.165) is 30.6 Å². The third kappa shape index (κ3) is 4.52. The molecule has 144 valence electrons. The SMILES string of the molecule is O=C(Nc1cccc(-n2cnnn2)c1)N1CCCC(OCc2ccccc2)C1. The molecule has 0 aliphatic carbocycles. The molecule has 2 aromatic carbocycles. The van der Waals surface area contributed by atoms with E-state index in [9.17, 15) is 4.79 Å². The van der Waals surface area contributed by atoms with E-state index < -0.39 is 0 Å². The maximum Gasteiger partial charge on any atom is 0.321 e. The first kappa shape index (κ1) is 18.1. The summed E-state index contributed by atoms with van der Waals surface area (Å²) in [4.78, 5) is 14.5. The van der Waals surface area contributed by atoms with Crippen LogP contribution in [0.25, 0.3) is 5.69 Å². The van der Waals surface area contributed by atoms with Crippen molar-refractivity contribution in [2.45, 2.75) is 25.6 Å². The molecule has 1 fully saturated rings. The summed E-state index contributed by atoms with van der Waals surface area (Å²) < 4.78 is 7.57. The lowest BCUT2D eigenvalue weighted by Gasteiger charge is -2.32. The molecule has 1 aliphatic heterocycles. The Morgan fingerprint density at radius 2 is 2.07 bits per heavy atom. The number of ether oxygens (including phenoxy) is 1. The first-order chi connectivity index (χ1) is 13.8. The minimum absolute atomic E-state index is 0.0484. The number of nitrogens with zero attached hydrogens (tertiary/aromatic N) is 5. The lowest BCUT2D eigenvalue weighted by molar-refractivity contribution is 0.00102. The summed E-state index contributed by atoms with van der Waals surface area (Å²) in [5.74, 6) is 0. The molecule has 3 aromatic rings. The third-order valence-corrected chi connectivity index (χ3v) is 4.70. The Hall–Kier alpha value is -3.26. The molecule has 1 unspecified atom stereocenters. The summed E-state index contributed by atoms with van der Waals surface area (Å²) in [6.07, 6.45) is 3.45. The molecule has 0 saturated carbocycles.